The summed E-state index contributed by atoms with van der Waals surface area (Å²) in [6, 6.07) is 0.620. The first-order valence-corrected chi connectivity index (χ1v) is 7.77. The first kappa shape index (κ1) is 16.2. The van der Waals surface area contributed by atoms with Crippen molar-refractivity contribution in [3.63, 3.8) is 0 Å². The van der Waals surface area contributed by atoms with E-state index in [1.54, 1.807) is 6.33 Å². The Labute approximate surface area is 118 Å². The summed E-state index contributed by atoms with van der Waals surface area (Å²) >= 11 is 0. The first-order valence-electron chi connectivity index (χ1n) is 7.77. The monoisotopic (exact) mass is 266 g/mol. The molecular weight excluding hydrogens is 236 g/mol. The molecule has 1 heterocycles. The molecule has 4 heteroatoms. The third kappa shape index (κ3) is 6.19. The molecule has 0 aliphatic rings. The van der Waals surface area contributed by atoms with Gasteiger partial charge in [-0.2, -0.15) is 5.10 Å². The number of nitrogens with one attached hydrogen (secondary N) is 1. The molecule has 0 fully saturated rings. The Balaban J connectivity index is 2.46. The fraction of sp³-hybridized carbons (Fsp3) is 0.867. The zero-order valence-corrected chi connectivity index (χ0v) is 13.0. The van der Waals surface area contributed by atoms with Crippen LogP contribution in [0.2, 0.25) is 0 Å². The molecule has 0 bridgehead atoms. The summed E-state index contributed by atoms with van der Waals surface area (Å²) in [4.78, 5) is 4.41. The molecule has 0 aromatic carbocycles. The van der Waals surface area contributed by atoms with Crippen molar-refractivity contribution >= 4 is 0 Å². The van der Waals surface area contributed by atoms with Crippen LogP contribution in [0.15, 0.2) is 6.33 Å². The molecule has 0 saturated heterocycles. The average molecular weight is 266 g/mol. The molecule has 1 N–H and O–H groups in total. The third-order valence-corrected chi connectivity index (χ3v) is 3.27. The maximum absolute atomic E-state index is 4.41. The van der Waals surface area contributed by atoms with Gasteiger partial charge in [0.25, 0.3) is 0 Å². The standard InChI is InChI=1S/C15H30N4/c1-5-7-14(16-10-6-2)8-9-15-17-12-18-19(15)11-13(3)4/h12-14,16H,5-11H2,1-4H3. The highest BCUT2D eigenvalue weighted by atomic mass is 15.3. The van der Waals surface area contributed by atoms with Gasteiger partial charge in [0.2, 0.25) is 0 Å². The van der Waals surface area contributed by atoms with E-state index < -0.39 is 0 Å². The van der Waals surface area contributed by atoms with Crippen LogP contribution in [0, 0.1) is 5.92 Å². The lowest BCUT2D eigenvalue weighted by molar-refractivity contribution is 0.426. The second-order valence-corrected chi connectivity index (χ2v) is 5.73. The highest BCUT2D eigenvalue weighted by Gasteiger charge is 2.11. The van der Waals surface area contributed by atoms with E-state index in [4.69, 9.17) is 0 Å². The second-order valence-electron chi connectivity index (χ2n) is 5.73. The lowest BCUT2D eigenvalue weighted by atomic mass is 10.1. The minimum atomic E-state index is 0.616. The van der Waals surface area contributed by atoms with Crippen molar-refractivity contribution in [3.05, 3.63) is 12.2 Å². The van der Waals surface area contributed by atoms with Gasteiger partial charge in [-0.1, -0.05) is 34.1 Å². The number of nitrogens with zero attached hydrogens (tertiary/aromatic N) is 3. The predicted molar refractivity (Wildman–Crippen MR) is 80.2 cm³/mol. The van der Waals surface area contributed by atoms with Gasteiger partial charge < -0.3 is 5.32 Å². The smallest absolute Gasteiger partial charge is 0.138 e. The molecular formula is C15H30N4. The van der Waals surface area contributed by atoms with Crippen molar-refractivity contribution < 1.29 is 0 Å². The average Bonchev–Trinajstić information content (AvgIpc) is 2.79. The lowest BCUT2D eigenvalue weighted by Gasteiger charge is -2.17. The molecule has 1 rings (SSSR count). The van der Waals surface area contributed by atoms with E-state index in [1.807, 2.05) is 0 Å². The molecule has 1 aromatic rings. The van der Waals surface area contributed by atoms with Crippen molar-refractivity contribution in [2.24, 2.45) is 5.92 Å². The molecule has 4 nitrogen and oxygen atoms in total. The van der Waals surface area contributed by atoms with Crippen molar-refractivity contribution in [1.82, 2.24) is 20.1 Å². The molecule has 1 aromatic heterocycles. The molecule has 0 aliphatic carbocycles. The molecule has 19 heavy (non-hydrogen) atoms. The summed E-state index contributed by atoms with van der Waals surface area (Å²) in [5.74, 6) is 1.75. The maximum atomic E-state index is 4.41. The van der Waals surface area contributed by atoms with Crippen LogP contribution in [-0.2, 0) is 13.0 Å². The van der Waals surface area contributed by atoms with Gasteiger partial charge in [0, 0.05) is 19.0 Å². The van der Waals surface area contributed by atoms with E-state index in [1.165, 1.54) is 19.3 Å². The minimum absolute atomic E-state index is 0.616. The summed E-state index contributed by atoms with van der Waals surface area (Å²) in [5.41, 5.74) is 0. The van der Waals surface area contributed by atoms with Gasteiger partial charge in [-0.25, -0.2) is 9.67 Å². The molecule has 0 aliphatic heterocycles. The number of aryl methyl sites for hydroxylation is 1. The SMILES string of the molecule is CCCNC(CCC)CCc1ncnn1CC(C)C. The Kier molecular flexibility index (Phi) is 7.72. The third-order valence-electron chi connectivity index (χ3n) is 3.27. The molecule has 0 spiro atoms. The molecule has 1 atom stereocenters. The van der Waals surface area contributed by atoms with Gasteiger partial charge in [0.15, 0.2) is 0 Å². The van der Waals surface area contributed by atoms with Gasteiger partial charge in [0.1, 0.15) is 12.2 Å². The molecule has 110 valence electrons. The number of rotatable bonds is 10. The number of hydrogen-bond acceptors (Lipinski definition) is 3. The van der Waals surface area contributed by atoms with Crippen molar-refractivity contribution in [3.8, 4) is 0 Å². The molecule has 0 radical (unpaired) electrons. The van der Waals surface area contributed by atoms with Crippen LogP contribution in [0.4, 0.5) is 0 Å². The number of hydrogen-bond donors (Lipinski definition) is 1. The predicted octanol–water partition coefficient (Wildman–Crippen LogP) is 3.04. The van der Waals surface area contributed by atoms with E-state index >= 15 is 0 Å². The Morgan fingerprint density at radius 2 is 2.00 bits per heavy atom. The molecule has 1 unspecified atom stereocenters. The summed E-state index contributed by atoms with van der Waals surface area (Å²) in [7, 11) is 0. The Morgan fingerprint density at radius 1 is 1.21 bits per heavy atom. The Hall–Kier alpha value is -0.900. The van der Waals surface area contributed by atoms with Crippen molar-refractivity contribution in [2.75, 3.05) is 6.54 Å². The largest absolute Gasteiger partial charge is 0.314 e. The van der Waals surface area contributed by atoms with E-state index in [0.717, 1.165) is 31.8 Å². The van der Waals surface area contributed by atoms with Gasteiger partial charge in [0.05, 0.1) is 0 Å². The van der Waals surface area contributed by atoms with Gasteiger partial charge in [-0.05, 0) is 31.7 Å². The van der Waals surface area contributed by atoms with Gasteiger partial charge in [-0.15, -0.1) is 0 Å². The number of aromatic nitrogens is 3. The van der Waals surface area contributed by atoms with E-state index in [0.29, 0.717) is 12.0 Å². The van der Waals surface area contributed by atoms with Crippen molar-refractivity contribution in [1.29, 1.82) is 0 Å². The minimum Gasteiger partial charge on any atom is -0.314 e. The molecule has 0 amide bonds. The van der Waals surface area contributed by atoms with Crippen LogP contribution in [0.5, 0.6) is 0 Å². The zero-order chi connectivity index (χ0) is 14.1. The highest BCUT2D eigenvalue weighted by Crippen LogP contribution is 2.08. The van der Waals surface area contributed by atoms with Crippen LogP contribution in [0.1, 0.15) is 59.2 Å². The highest BCUT2D eigenvalue weighted by molar-refractivity contribution is 4.87. The van der Waals surface area contributed by atoms with Crippen LogP contribution < -0.4 is 5.32 Å². The lowest BCUT2D eigenvalue weighted by Crippen LogP contribution is -2.30. The van der Waals surface area contributed by atoms with Crippen LogP contribution in [-0.4, -0.2) is 27.4 Å². The molecule has 0 saturated carbocycles. The zero-order valence-electron chi connectivity index (χ0n) is 13.0. The van der Waals surface area contributed by atoms with Crippen LogP contribution in [0.25, 0.3) is 0 Å². The normalized spacial score (nSPS) is 13.1. The summed E-state index contributed by atoms with van der Waals surface area (Å²) in [6.45, 7) is 11.0. The van der Waals surface area contributed by atoms with E-state index in [2.05, 4.69) is 47.8 Å². The summed E-state index contributed by atoms with van der Waals surface area (Å²) in [5, 5.41) is 7.96. The van der Waals surface area contributed by atoms with E-state index in [-0.39, 0.29) is 0 Å². The topological polar surface area (TPSA) is 42.7 Å². The van der Waals surface area contributed by atoms with Gasteiger partial charge >= 0.3 is 0 Å². The fourth-order valence-electron chi connectivity index (χ4n) is 2.33. The second kappa shape index (κ2) is 9.08. The Morgan fingerprint density at radius 3 is 2.63 bits per heavy atom. The summed E-state index contributed by atoms with van der Waals surface area (Å²) < 4.78 is 2.06. The quantitative estimate of drug-likeness (QED) is 0.708. The Bertz CT molecular complexity index is 333. The van der Waals surface area contributed by atoms with Crippen molar-refractivity contribution in [2.45, 2.75) is 72.4 Å². The fourth-order valence-corrected chi connectivity index (χ4v) is 2.33. The van der Waals surface area contributed by atoms with E-state index in [9.17, 15) is 0 Å². The maximum Gasteiger partial charge on any atom is 0.138 e. The van der Waals surface area contributed by atoms with Crippen LogP contribution in [0.3, 0.4) is 0 Å². The van der Waals surface area contributed by atoms with Crippen LogP contribution >= 0.6 is 0 Å². The summed E-state index contributed by atoms with van der Waals surface area (Å²) in [6.07, 6.45) is 7.55. The first-order chi connectivity index (χ1) is 9.17. The van der Waals surface area contributed by atoms with Gasteiger partial charge in [-0.3, -0.25) is 0 Å².